The summed E-state index contributed by atoms with van der Waals surface area (Å²) in [6.45, 7) is 0. The van der Waals surface area contributed by atoms with Crippen LogP contribution in [0.3, 0.4) is 0 Å². The molecule has 2 N–H and O–H groups in total. The highest BCUT2D eigenvalue weighted by molar-refractivity contribution is 14.1. The maximum atomic E-state index is 6.31. The van der Waals surface area contributed by atoms with Gasteiger partial charge in [0, 0.05) is 0 Å². The lowest BCUT2D eigenvalue weighted by molar-refractivity contribution is 0.419. The lowest BCUT2D eigenvalue weighted by Crippen LogP contribution is -2.12. The van der Waals surface area contributed by atoms with Crippen molar-refractivity contribution in [3.8, 4) is 0 Å². The summed E-state index contributed by atoms with van der Waals surface area (Å²) in [5.41, 5.74) is 10.2. The second kappa shape index (κ2) is 5.31. The molecule has 1 atom stereocenters. The molecule has 0 spiro atoms. The second-order valence-electron chi connectivity index (χ2n) is 4.96. The molecule has 1 heterocycles. The quantitative estimate of drug-likeness (QED) is 0.782. The largest absolute Gasteiger partial charge is 0.320 e. The first-order valence-corrected chi connectivity index (χ1v) is 8.29. The molecule has 1 aliphatic carbocycles. The van der Waals surface area contributed by atoms with Crippen molar-refractivity contribution in [3.63, 3.8) is 0 Å². The van der Waals surface area contributed by atoms with Gasteiger partial charge in [-0.1, -0.05) is 30.7 Å². The van der Waals surface area contributed by atoms with Crippen LogP contribution in [0.2, 0.25) is 0 Å². The van der Waals surface area contributed by atoms with Crippen LogP contribution in [0.5, 0.6) is 0 Å². The molecule has 0 amide bonds. The van der Waals surface area contributed by atoms with Crippen molar-refractivity contribution in [1.29, 1.82) is 0 Å². The van der Waals surface area contributed by atoms with E-state index in [0.29, 0.717) is 0 Å². The molecule has 0 aliphatic heterocycles. The zero-order valence-corrected chi connectivity index (χ0v) is 13.1. The van der Waals surface area contributed by atoms with E-state index < -0.39 is 0 Å². The highest BCUT2D eigenvalue weighted by Crippen LogP contribution is 2.36. The molecule has 1 nitrogen and oxygen atoms in total. The van der Waals surface area contributed by atoms with Gasteiger partial charge in [-0.15, -0.1) is 11.3 Å². The third-order valence-electron chi connectivity index (χ3n) is 3.82. The van der Waals surface area contributed by atoms with Crippen LogP contribution in [0.1, 0.15) is 47.9 Å². The van der Waals surface area contributed by atoms with E-state index in [4.69, 9.17) is 5.73 Å². The van der Waals surface area contributed by atoms with Gasteiger partial charge < -0.3 is 5.73 Å². The third kappa shape index (κ3) is 2.49. The van der Waals surface area contributed by atoms with Crippen LogP contribution >= 0.6 is 33.9 Å². The van der Waals surface area contributed by atoms with Crippen LogP contribution in [0, 0.1) is 2.88 Å². The van der Waals surface area contributed by atoms with Gasteiger partial charge in [0.2, 0.25) is 0 Å². The molecule has 0 bridgehead atoms. The number of benzene rings is 1. The van der Waals surface area contributed by atoms with Crippen LogP contribution < -0.4 is 5.73 Å². The average molecular weight is 369 g/mol. The minimum absolute atomic E-state index is 0.0141. The molecule has 0 radical (unpaired) electrons. The minimum atomic E-state index is 0.0141. The Morgan fingerprint density at radius 3 is 2.39 bits per heavy atom. The SMILES string of the molecule is NC(c1ccc(C2CCC2)cc1)c1csc(I)c1. The van der Waals surface area contributed by atoms with Crippen molar-refractivity contribution in [1.82, 2.24) is 0 Å². The number of hydrogen-bond acceptors (Lipinski definition) is 2. The standard InChI is InChI=1S/C15H16INS/c16-14-8-13(9-18-14)15(17)12-6-4-11(5-7-12)10-2-1-3-10/h4-10,15H,1-3,17H2. The fraction of sp³-hybridized carbons (Fsp3) is 0.333. The van der Waals surface area contributed by atoms with Crippen molar-refractivity contribution in [2.75, 3.05) is 0 Å². The number of hydrogen-bond donors (Lipinski definition) is 1. The summed E-state index contributed by atoms with van der Waals surface area (Å²) in [5.74, 6) is 0.803. The van der Waals surface area contributed by atoms with E-state index in [-0.39, 0.29) is 6.04 Å². The molecule has 1 aliphatic rings. The lowest BCUT2D eigenvalue weighted by atomic mass is 9.80. The van der Waals surface area contributed by atoms with Gasteiger partial charge in [-0.3, -0.25) is 0 Å². The smallest absolute Gasteiger partial charge is 0.0656 e. The molecule has 1 saturated carbocycles. The Morgan fingerprint density at radius 1 is 1.17 bits per heavy atom. The maximum absolute atomic E-state index is 6.31. The van der Waals surface area contributed by atoms with E-state index in [1.54, 1.807) is 11.3 Å². The van der Waals surface area contributed by atoms with Gasteiger partial charge in [-0.05, 0) is 69.5 Å². The van der Waals surface area contributed by atoms with Gasteiger partial charge in [0.25, 0.3) is 0 Å². The van der Waals surface area contributed by atoms with E-state index in [9.17, 15) is 0 Å². The summed E-state index contributed by atoms with van der Waals surface area (Å²) < 4.78 is 1.30. The van der Waals surface area contributed by atoms with Crippen molar-refractivity contribution in [2.24, 2.45) is 5.73 Å². The zero-order valence-electron chi connectivity index (χ0n) is 10.1. The van der Waals surface area contributed by atoms with E-state index >= 15 is 0 Å². The van der Waals surface area contributed by atoms with Crippen molar-refractivity contribution in [2.45, 2.75) is 31.2 Å². The second-order valence-corrected chi connectivity index (χ2v) is 7.76. The molecule has 0 saturated heterocycles. The predicted octanol–water partition coefficient (Wildman–Crippen LogP) is 4.67. The predicted molar refractivity (Wildman–Crippen MR) is 86.1 cm³/mol. The number of thiophene rings is 1. The monoisotopic (exact) mass is 369 g/mol. The van der Waals surface area contributed by atoms with E-state index in [1.165, 1.54) is 38.8 Å². The summed E-state index contributed by atoms with van der Waals surface area (Å²) in [7, 11) is 0. The van der Waals surface area contributed by atoms with Crippen LogP contribution in [0.25, 0.3) is 0 Å². The van der Waals surface area contributed by atoms with E-state index in [0.717, 1.165) is 5.92 Å². The van der Waals surface area contributed by atoms with Crippen LogP contribution in [0.4, 0.5) is 0 Å². The first-order valence-electron chi connectivity index (χ1n) is 6.33. The Labute approximate surface area is 126 Å². The molecule has 1 aromatic carbocycles. The summed E-state index contributed by atoms with van der Waals surface area (Å²) in [6, 6.07) is 11.1. The van der Waals surface area contributed by atoms with Crippen molar-refractivity contribution < 1.29 is 0 Å². The fourth-order valence-corrected chi connectivity index (χ4v) is 3.80. The zero-order chi connectivity index (χ0) is 12.5. The molecule has 3 heteroatoms. The van der Waals surface area contributed by atoms with Crippen LogP contribution in [-0.2, 0) is 0 Å². The summed E-state index contributed by atoms with van der Waals surface area (Å²) in [5, 5.41) is 2.16. The lowest BCUT2D eigenvalue weighted by Gasteiger charge is -2.26. The van der Waals surface area contributed by atoms with Gasteiger partial charge in [0.05, 0.1) is 8.93 Å². The summed E-state index contributed by atoms with van der Waals surface area (Å²) >= 11 is 4.10. The van der Waals surface area contributed by atoms with Crippen molar-refractivity contribution >= 4 is 33.9 Å². The summed E-state index contributed by atoms with van der Waals surface area (Å²) in [6.07, 6.45) is 4.10. The molecule has 1 aromatic heterocycles. The number of halogens is 1. The molecular formula is C15H16INS. The highest BCUT2D eigenvalue weighted by atomic mass is 127. The Balaban J connectivity index is 1.79. The summed E-state index contributed by atoms with van der Waals surface area (Å²) in [4.78, 5) is 0. The maximum Gasteiger partial charge on any atom is 0.0656 e. The fourth-order valence-electron chi connectivity index (χ4n) is 2.40. The normalized spacial score (nSPS) is 17.4. The number of nitrogens with two attached hydrogens (primary N) is 1. The Bertz CT molecular complexity index is 528. The Hall–Kier alpha value is -0.390. The molecule has 94 valence electrons. The van der Waals surface area contributed by atoms with E-state index in [1.807, 2.05) is 0 Å². The van der Waals surface area contributed by atoms with Gasteiger partial charge in [-0.25, -0.2) is 0 Å². The average Bonchev–Trinajstić information content (AvgIpc) is 2.74. The Morgan fingerprint density at radius 2 is 1.89 bits per heavy atom. The van der Waals surface area contributed by atoms with Crippen molar-refractivity contribution in [3.05, 3.63) is 55.3 Å². The van der Waals surface area contributed by atoms with E-state index in [2.05, 4.69) is 58.3 Å². The molecule has 3 rings (SSSR count). The van der Waals surface area contributed by atoms with Gasteiger partial charge in [0.1, 0.15) is 0 Å². The van der Waals surface area contributed by atoms with Crippen LogP contribution in [-0.4, -0.2) is 0 Å². The van der Waals surface area contributed by atoms with Gasteiger partial charge in [0.15, 0.2) is 0 Å². The topological polar surface area (TPSA) is 26.0 Å². The van der Waals surface area contributed by atoms with Gasteiger partial charge >= 0.3 is 0 Å². The molecule has 18 heavy (non-hydrogen) atoms. The molecule has 1 fully saturated rings. The number of rotatable bonds is 3. The van der Waals surface area contributed by atoms with Gasteiger partial charge in [-0.2, -0.15) is 0 Å². The Kier molecular flexibility index (Phi) is 3.73. The molecule has 2 aromatic rings. The van der Waals surface area contributed by atoms with Crippen LogP contribution in [0.15, 0.2) is 35.7 Å². The molecular weight excluding hydrogens is 353 g/mol. The first kappa shape index (κ1) is 12.6. The third-order valence-corrected chi connectivity index (χ3v) is 5.63. The minimum Gasteiger partial charge on any atom is -0.320 e. The highest BCUT2D eigenvalue weighted by Gasteiger charge is 2.19. The first-order chi connectivity index (χ1) is 8.74. The molecule has 1 unspecified atom stereocenters.